The molecule has 0 radical (unpaired) electrons. The van der Waals surface area contributed by atoms with Gasteiger partial charge in [-0.2, -0.15) is 0 Å². The van der Waals surface area contributed by atoms with Gasteiger partial charge in [0.25, 0.3) is 0 Å². The van der Waals surface area contributed by atoms with Gasteiger partial charge in [0.2, 0.25) is 0 Å². The van der Waals surface area contributed by atoms with E-state index in [9.17, 15) is 4.79 Å². The number of carbonyl (C=O) groups excluding carboxylic acids is 1. The molecule has 0 aromatic carbocycles. The van der Waals surface area contributed by atoms with Crippen molar-refractivity contribution in [3.8, 4) is 0 Å². The summed E-state index contributed by atoms with van der Waals surface area (Å²) >= 11 is 0. The highest BCUT2D eigenvalue weighted by molar-refractivity contribution is 5.66. The maximum absolute atomic E-state index is 10.7. The molecule has 0 aromatic heterocycles. The highest BCUT2D eigenvalue weighted by atomic mass is 16.5. The molecule has 12 heavy (non-hydrogen) atoms. The fourth-order valence-electron chi connectivity index (χ4n) is 1.46. The smallest absolute Gasteiger partial charge is 0.302 e. The zero-order valence-corrected chi connectivity index (χ0v) is 7.58. The molecule has 1 aliphatic rings. The Hall–Kier alpha value is -0.790. The van der Waals surface area contributed by atoms with Gasteiger partial charge < -0.3 is 4.74 Å². The van der Waals surface area contributed by atoms with E-state index in [1.54, 1.807) is 0 Å². The normalized spacial score (nSPS) is 24.2. The average molecular weight is 168 g/mol. The van der Waals surface area contributed by atoms with Crippen LogP contribution in [0.3, 0.4) is 0 Å². The zero-order valence-electron chi connectivity index (χ0n) is 7.58. The van der Waals surface area contributed by atoms with E-state index in [0.29, 0.717) is 0 Å². The molecule has 68 valence electrons. The molecule has 0 aromatic rings. The zero-order chi connectivity index (χ0) is 8.81. The van der Waals surface area contributed by atoms with E-state index in [0.717, 1.165) is 12.8 Å². The number of hydrogen-bond acceptors (Lipinski definition) is 2. The number of rotatable bonds is 1. The van der Waals surface area contributed by atoms with Crippen molar-refractivity contribution in [1.29, 1.82) is 0 Å². The summed E-state index contributed by atoms with van der Waals surface area (Å²) in [6.45, 7) is 1.47. The second-order valence-electron chi connectivity index (χ2n) is 3.22. The predicted molar refractivity (Wildman–Crippen MR) is 47.8 cm³/mol. The average Bonchev–Trinajstić information content (AvgIpc) is 1.93. The van der Waals surface area contributed by atoms with Crippen LogP contribution in [0.5, 0.6) is 0 Å². The Morgan fingerprint density at radius 3 is 3.00 bits per heavy atom. The van der Waals surface area contributed by atoms with Gasteiger partial charge in [-0.05, 0) is 25.7 Å². The third-order valence-corrected chi connectivity index (χ3v) is 2.05. The lowest BCUT2D eigenvalue weighted by Crippen LogP contribution is -2.16. The molecule has 1 atom stereocenters. The molecule has 0 saturated heterocycles. The number of carbonyl (C=O) groups is 1. The predicted octanol–water partition coefficient (Wildman–Crippen LogP) is 2.44. The highest BCUT2D eigenvalue weighted by Crippen LogP contribution is 2.14. The van der Waals surface area contributed by atoms with Crippen molar-refractivity contribution in [3.63, 3.8) is 0 Å². The molecule has 2 heteroatoms. The summed E-state index contributed by atoms with van der Waals surface area (Å²) in [7, 11) is 0. The minimum atomic E-state index is -0.158. The van der Waals surface area contributed by atoms with Crippen LogP contribution < -0.4 is 0 Å². The molecule has 0 amide bonds. The van der Waals surface area contributed by atoms with Crippen molar-refractivity contribution in [2.24, 2.45) is 0 Å². The van der Waals surface area contributed by atoms with Gasteiger partial charge >= 0.3 is 5.97 Å². The Morgan fingerprint density at radius 1 is 1.42 bits per heavy atom. The Balaban J connectivity index is 2.35. The van der Waals surface area contributed by atoms with E-state index >= 15 is 0 Å². The number of esters is 1. The first-order valence-electron chi connectivity index (χ1n) is 4.61. The molecule has 1 aliphatic carbocycles. The SMILES string of the molecule is CC(=O)OC1CC=CCCCC1. The lowest BCUT2D eigenvalue weighted by Gasteiger charge is -2.16. The fourth-order valence-corrected chi connectivity index (χ4v) is 1.46. The molecular weight excluding hydrogens is 152 g/mol. The van der Waals surface area contributed by atoms with Gasteiger partial charge in [0.15, 0.2) is 0 Å². The van der Waals surface area contributed by atoms with Crippen molar-refractivity contribution in [2.45, 2.75) is 45.1 Å². The monoisotopic (exact) mass is 168 g/mol. The van der Waals surface area contributed by atoms with Crippen molar-refractivity contribution in [2.75, 3.05) is 0 Å². The molecule has 0 N–H and O–H groups in total. The number of allylic oxidation sites excluding steroid dienone is 1. The topological polar surface area (TPSA) is 26.3 Å². The van der Waals surface area contributed by atoms with Crippen LogP contribution in [0.15, 0.2) is 12.2 Å². The molecule has 1 rings (SSSR count). The molecule has 0 aliphatic heterocycles. The molecule has 2 nitrogen and oxygen atoms in total. The highest BCUT2D eigenvalue weighted by Gasteiger charge is 2.10. The van der Waals surface area contributed by atoms with E-state index < -0.39 is 0 Å². The van der Waals surface area contributed by atoms with E-state index in [2.05, 4.69) is 12.2 Å². The first-order chi connectivity index (χ1) is 5.79. The summed E-state index contributed by atoms with van der Waals surface area (Å²) < 4.78 is 5.14. The van der Waals surface area contributed by atoms with Gasteiger partial charge in [-0.25, -0.2) is 0 Å². The molecule has 0 bridgehead atoms. The van der Waals surface area contributed by atoms with Crippen LogP contribution in [0.4, 0.5) is 0 Å². The third kappa shape index (κ3) is 3.56. The van der Waals surface area contributed by atoms with E-state index in [1.807, 2.05) is 0 Å². The van der Waals surface area contributed by atoms with Crippen LogP contribution >= 0.6 is 0 Å². The van der Waals surface area contributed by atoms with Crippen molar-refractivity contribution < 1.29 is 9.53 Å². The second kappa shape index (κ2) is 4.96. The van der Waals surface area contributed by atoms with Gasteiger partial charge in [0, 0.05) is 13.3 Å². The van der Waals surface area contributed by atoms with Crippen LogP contribution in [0.25, 0.3) is 0 Å². The summed E-state index contributed by atoms with van der Waals surface area (Å²) in [6.07, 6.45) is 9.88. The second-order valence-corrected chi connectivity index (χ2v) is 3.22. The van der Waals surface area contributed by atoms with Gasteiger partial charge in [0.1, 0.15) is 6.10 Å². The summed E-state index contributed by atoms with van der Waals surface area (Å²) in [5.41, 5.74) is 0. The third-order valence-electron chi connectivity index (χ3n) is 2.05. The summed E-state index contributed by atoms with van der Waals surface area (Å²) in [5, 5.41) is 0. The lowest BCUT2D eigenvalue weighted by atomic mass is 10.0. The Labute approximate surface area is 73.6 Å². The maximum atomic E-state index is 10.7. The van der Waals surface area contributed by atoms with Crippen LogP contribution in [-0.2, 0) is 9.53 Å². The number of ether oxygens (including phenoxy) is 1. The first kappa shape index (κ1) is 9.30. The Morgan fingerprint density at radius 2 is 2.25 bits per heavy atom. The summed E-state index contributed by atoms with van der Waals surface area (Å²) in [5.74, 6) is -0.158. The van der Waals surface area contributed by atoms with E-state index in [1.165, 1.54) is 26.2 Å². The molecule has 0 saturated carbocycles. The van der Waals surface area contributed by atoms with Gasteiger partial charge in [-0.15, -0.1) is 0 Å². The van der Waals surface area contributed by atoms with Crippen molar-refractivity contribution >= 4 is 5.97 Å². The van der Waals surface area contributed by atoms with Crippen LogP contribution in [0.1, 0.15) is 39.0 Å². The summed E-state index contributed by atoms with van der Waals surface area (Å²) in [4.78, 5) is 10.7. The maximum Gasteiger partial charge on any atom is 0.302 e. The minimum Gasteiger partial charge on any atom is -0.462 e. The van der Waals surface area contributed by atoms with Gasteiger partial charge in [-0.3, -0.25) is 4.79 Å². The molecule has 0 heterocycles. The van der Waals surface area contributed by atoms with Crippen molar-refractivity contribution in [1.82, 2.24) is 0 Å². The summed E-state index contributed by atoms with van der Waals surface area (Å²) in [6, 6.07) is 0. The molecule has 0 fully saturated rings. The first-order valence-corrected chi connectivity index (χ1v) is 4.61. The van der Waals surface area contributed by atoms with Gasteiger partial charge in [-0.1, -0.05) is 12.2 Å². The van der Waals surface area contributed by atoms with Crippen LogP contribution in [0, 0.1) is 0 Å². The van der Waals surface area contributed by atoms with E-state index in [-0.39, 0.29) is 12.1 Å². The largest absolute Gasteiger partial charge is 0.462 e. The number of hydrogen-bond donors (Lipinski definition) is 0. The lowest BCUT2D eigenvalue weighted by molar-refractivity contribution is -0.146. The Kier molecular flexibility index (Phi) is 3.85. The van der Waals surface area contributed by atoms with Crippen molar-refractivity contribution in [3.05, 3.63) is 12.2 Å². The fraction of sp³-hybridized carbons (Fsp3) is 0.700. The van der Waals surface area contributed by atoms with Crippen LogP contribution in [-0.4, -0.2) is 12.1 Å². The standard InChI is InChI=1S/C10H16O2/c1-9(11)12-10-7-5-3-2-4-6-8-10/h3,5,10H,2,4,6-8H2,1H3. The minimum absolute atomic E-state index is 0.124. The van der Waals surface area contributed by atoms with Gasteiger partial charge in [0.05, 0.1) is 0 Å². The quantitative estimate of drug-likeness (QED) is 0.444. The van der Waals surface area contributed by atoms with E-state index in [4.69, 9.17) is 4.74 Å². The molecule has 1 unspecified atom stereocenters. The molecule has 0 spiro atoms. The molecular formula is C10H16O2. The van der Waals surface area contributed by atoms with Crippen LogP contribution in [0.2, 0.25) is 0 Å². The Bertz CT molecular complexity index is 173.